The summed E-state index contributed by atoms with van der Waals surface area (Å²) in [5.41, 5.74) is 6.04. The third-order valence-corrected chi connectivity index (χ3v) is 6.02. The molecule has 0 fully saturated rings. The molecule has 1 aliphatic rings. The highest BCUT2D eigenvalue weighted by Crippen LogP contribution is 2.55. The van der Waals surface area contributed by atoms with Crippen LogP contribution in [0.1, 0.15) is 26.3 Å². The van der Waals surface area contributed by atoms with Crippen LogP contribution in [0.25, 0.3) is 22.2 Å². The second-order valence-electron chi connectivity index (χ2n) is 9.95. The van der Waals surface area contributed by atoms with Crippen LogP contribution in [-0.4, -0.2) is 4.98 Å². The predicted molar refractivity (Wildman–Crippen MR) is 137 cm³/mol. The third kappa shape index (κ3) is 3.52. The van der Waals surface area contributed by atoms with Crippen LogP contribution in [-0.2, 0) is 6.42 Å². The summed E-state index contributed by atoms with van der Waals surface area (Å²) < 4.78 is 13.0. The molecule has 34 heavy (non-hydrogen) atoms. The highest BCUT2D eigenvalue weighted by molar-refractivity contribution is 6.02. The second-order valence-corrected chi connectivity index (χ2v) is 9.95. The summed E-state index contributed by atoms with van der Waals surface area (Å²) >= 11 is 0. The van der Waals surface area contributed by atoms with Gasteiger partial charge in [0.05, 0.1) is 16.8 Å². The molecule has 0 saturated carbocycles. The molecule has 0 aliphatic carbocycles. The molecular weight excluding hydrogens is 420 g/mol. The molecular formula is C30H26N2O2. The van der Waals surface area contributed by atoms with Crippen LogP contribution in [0.5, 0.6) is 11.5 Å². The van der Waals surface area contributed by atoms with E-state index in [-0.39, 0.29) is 5.41 Å². The lowest BCUT2D eigenvalue weighted by Gasteiger charge is -2.29. The lowest BCUT2D eigenvalue weighted by atomic mass is 9.89. The van der Waals surface area contributed by atoms with E-state index < -0.39 is 0 Å². The van der Waals surface area contributed by atoms with Gasteiger partial charge in [-0.05, 0) is 59.9 Å². The number of anilines is 3. The third-order valence-electron chi connectivity index (χ3n) is 6.02. The van der Waals surface area contributed by atoms with E-state index in [0.29, 0.717) is 5.88 Å². The first-order valence-electron chi connectivity index (χ1n) is 11.6. The van der Waals surface area contributed by atoms with Gasteiger partial charge in [0.25, 0.3) is 0 Å². The number of nitrogens with zero attached hydrogens (tertiary/aromatic N) is 2. The molecule has 0 amide bonds. The van der Waals surface area contributed by atoms with Gasteiger partial charge in [0.1, 0.15) is 5.58 Å². The molecule has 2 aromatic heterocycles. The topological polar surface area (TPSA) is 38.5 Å². The molecule has 0 bridgehead atoms. The molecule has 0 radical (unpaired) electrons. The standard InChI is InChI=1S/C30H26N2O2/c1-30(2,3)18-20-16-17-24(31-19-20)22-12-9-13-23-27(22)34-29-28(23)33-26-15-8-7-14-25(26)32(29)21-10-5-4-6-11-21/h4-17,19H,18H2,1-3H3. The molecule has 1 aliphatic heterocycles. The van der Waals surface area contributed by atoms with Gasteiger partial charge in [-0.1, -0.05) is 63.2 Å². The Morgan fingerprint density at radius 2 is 1.62 bits per heavy atom. The predicted octanol–water partition coefficient (Wildman–Crippen LogP) is 8.66. The molecule has 4 heteroatoms. The van der Waals surface area contributed by atoms with Gasteiger partial charge >= 0.3 is 0 Å². The number of pyridine rings is 1. The largest absolute Gasteiger partial charge is 0.449 e. The minimum Gasteiger partial charge on any atom is -0.449 e. The number of aromatic nitrogens is 1. The normalized spacial score (nSPS) is 12.9. The van der Waals surface area contributed by atoms with Crippen LogP contribution >= 0.6 is 0 Å². The van der Waals surface area contributed by atoms with E-state index >= 15 is 0 Å². The van der Waals surface area contributed by atoms with Gasteiger partial charge in [-0.2, -0.15) is 0 Å². The number of furan rings is 1. The van der Waals surface area contributed by atoms with E-state index in [4.69, 9.17) is 14.1 Å². The average molecular weight is 447 g/mol. The molecule has 5 aromatic rings. The number of hydrogen-bond acceptors (Lipinski definition) is 4. The molecule has 0 unspecified atom stereocenters. The van der Waals surface area contributed by atoms with Gasteiger partial charge < -0.3 is 9.15 Å². The molecule has 3 heterocycles. The molecule has 0 N–H and O–H groups in total. The Kier molecular flexibility index (Phi) is 4.70. The van der Waals surface area contributed by atoms with Crippen molar-refractivity contribution in [2.75, 3.05) is 4.90 Å². The van der Waals surface area contributed by atoms with Gasteiger partial charge in [-0.25, -0.2) is 0 Å². The Balaban J connectivity index is 1.50. The van der Waals surface area contributed by atoms with Crippen LogP contribution in [0.4, 0.5) is 17.3 Å². The maximum Gasteiger partial charge on any atom is 0.249 e. The minimum atomic E-state index is 0.219. The molecule has 6 rings (SSSR count). The Hall–Kier alpha value is -4.05. The number of para-hydroxylation sites is 4. The summed E-state index contributed by atoms with van der Waals surface area (Å²) in [5.74, 6) is 2.21. The van der Waals surface area contributed by atoms with Gasteiger partial charge in [0.15, 0.2) is 11.5 Å². The number of rotatable bonds is 3. The van der Waals surface area contributed by atoms with Crippen LogP contribution < -0.4 is 9.64 Å². The molecule has 0 atom stereocenters. The van der Waals surface area contributed by atoms with Crippen molar-refractivity contribution in [3.8, 4) is 22.8 Å². The van der Waals surface area contributed by atoms with Gasteiger partial charge in [0, 0.05) is 17.4 Å². The number of benzene rings is 3. The summed E-state index contributed by atoms with van der Waals surface area (Å²) in [4.78, 5) is 6.91. The smallest absolute Gasteiger partial charge is 0.249 e. The average Bonchev–Trinajstić information content (AvgIpc) is 3.21. The zero-order valence-corrected chi connectivity index (χ0v) is 19.6. The highest BCUT2D eigenvalue weighted by atomic mass is 16.5. The van der Waals surface area contributed by atoms with Crippen LogP contribution in [0.15, 0.2) is 95.5 Å². The minimum absolute atomic E-state index is 0.219. The molecule has 168 valence electrons. The van der Waals surface area contributed by atoms with Crippen molar-refractivity contribution in [3.63, 3.8) is 0 Å². The zero-order chi connectivity index (χ0) is 23.3. The second kappa shape index (κ2) is 7.77. The van der Waals surface area contributed by atoms with Crippen molar-refractivity contribution in [2.24, 2.45) is 5.41 Å². The molecule has 0 saturated heterocycles. The van der Waals surface area contributed by atoms with Crippen LogP contribution in [0.3, 0.4) is 0 Å². The van der Waals surface area contributed by atoms with Crippen molar-refractivity contribution >= 4 is 28.2 Å². The van der Waals surface area contributed by atoms with E-state index in [1.54, 1.807) is 0 Å². The van der Waals surface area contributed by atoms with Crippen molar-refractivity contribution in [3.05, 3.63) is 96.7 Å². The van der Waals surface area contributed by atoms with E-state index in [9.17, 15) is 0 Å². The van der Waals surface area contributed by atoms with E-state index in [2.05, 4.69) is 62.1 Å². The fourth-order valence-electron chi connectivity index (χ4n) is 4.61. The summed E-state index contributed by atoms with van der Waals surface area (Å²) in [6.07, 6.45) is 2.96. The number of ether oxygens (including phenoxy) is 1. The lowest BCUT2D eigenvalue weighted by Crippen LogP contribution is -2.14. The first-order chi connectivity index (χ1) is 16.5. The van der Waals surface area contributed by atoms with E-state index in [0.717, 1.165) is 51.5 Å². The lowest BCUT2D eigenvalue weighted by molar-refractivity contribution is 0.411. The van der Waals surface area contributed by atoms with Crippen molar-refractivity contribution in [2.45, 2.75) is 27.2 Å². The van der Waals surface area contributed by atoms with Gasteiger partial charge in [-0.3, -0.25) is 9.88 Å². The summed E-state index contributed by atoms with van der Waals surface area (Å²) in [6.45, 7) is 6.72. The van der Waals surface area contributed by atoms with Crippen molar-refractivity contribution < 1.29 is 9.15 Å². The monoisotopic (exact) mass is 446 g/mol. The quantitative estimate of drug-likeness (QED) is 0.273. The fraction of sp³-hybridized carbons (Fsp3) is 0.167. The van der Waals surface area contributed by atoms with Gasteiger partial charge in [-0.15, -0.1) is 0 Å². The zero-order valence-electron chi connectivity index (χ0n) is 19.6. The fourth-order valence-corrected chi connectivity index (χ4v) is 4.61. The first-order valence-corrected chi connectivity index (χ1v) is 11.6. The molecule has 3 aromatic carbocycles. The molecule has 0 spiro atoms. The van der Waals surface area contributed by atoms with Crippen molar-refractivity contribution in [1.82, 2.24) is 4.98 Å². The maximum absolute atomic E-state index is 6.57. The molecule has 4 nitrogen and oxygen atoms in total. The number of fused-ring (bicyclic) bond motifs is 4. The maximum atomic E-state index is 6.57. The Bertz CT molecular complexity index is 1480. The number of hydrogen-bond donors (Lipinski definition) is 0. The summed E-state index contributed by atoms with van der Waals surface area (Å²) in [5, 5.41) is 0.934. The summed E-state index contributed by atoms with van der Waals surface area (Å²) in [6, 6.07) is 28.7. The first kappa shape index (κ1) is 20.5. The van der Waals surface area contributed by atoms with E-state index in [1.165, 1.54) is 5.56 Å². The van der Waals surface area contributed by atoms with Crippen LogP contribution in [0, 0.1) is 5.41 Å². The Morgan fingerprint density at radius 1 is 0.824 bits per heavy atom. The van der Waals surface area contributed by atoms with Crippen LogP contribution in [0.2, 0.25) is 0 Å². The SMILES string of the molecule is CC(C)(C)Cc1ccc(-c2cccc3c4c(oc23)N(c2ccccc2)c2ccccc2O4)nc1. The summed E-state index contributed by atoms with van der Waals surface area (Å²) in [7, 11) is 0. The van der Waals surface area contributed by atoms with Crippen molar-refractivity contribution in [1.29, 1.82) is 0 Å². The van der Waals surface area contributed by atoms with E-state index in [1.807, 2.05) is 54.7 Å². The van der Waals surface area contributed by atoms with Gasteiger partial charge in [0.2, 0.25) is 5.88 Å². The highest BCUT2D eigenvalue weighted by Gasteiger charge is 2.32. The Labute approximate surface area is 199 Å². The Morgan fingerprint density at radius 3 is 2.38 bits per heavy atom.